The first-order chi connectivity index (χ1) is 9.80. The van der Waals surface area contributed by atoms with Crippen molar-refractivity contribution >= 4 is 5.95 Å². The average molecular weight is 275 g/mol. The predicted octanol–water partition coefficient (Wildman–Crippen LogP) is 1.82. The molecule has 1 saturated heterocycles. The third-order valence-corrected chi connectivity index (χ3v) is 3.90. The topological polar surface area (TPSA) is 70.0 Å². The lowest BCUT2D eigenvalue weighted by Gasteiger charge is -2.30. The van der Waals surface area contributed by atoms with Crippen LogP contribution in [0.4, 0.5) is 5.95 Å². The lowest BCUT2D eigenvalue weighted by Crippen LogP contribution is -2.41. The number of anilines is 1. The van der Waals surface area contributed by atoms with Gasteiger partial charge in [-0.25, -0.2) is 0 Å². The molecule has 0 atom stereocenters. The highest BCUT2D eigenvalue weighted by Crippen LogP contribution is 2.22. The standard InChI is InChI=1S/C14H21N5O/c1-3-11-4-5-12(20-11)13-16-14(18-17-13)19-8-6-10(15-2)7-9-19/h4-5,10,15H,3,6-9H2,1-2H3,(H,16,17,18). The zero-order valence-electron chi connectivity index (χ0n) is 12.0. The van der Waals surface area contributed by atoms with Gasteiger partial charge in [0.15, 0.2) is 11.6 Å². The third kappa shape index (κ3) is 2.56. The summed E-state index contributed by atoms with van der Waals surface area (Å²) in [6.07, 6.45) is 3.14. The van der Waals surface area contributed by atoms with Gasteiger partial charge < -0.3 is 14.6 Å². The van der Waals surface area contributed by atoms with Crippen LogP contribution in [0.2, 0.25) is 0 Å². The normalized spacial score (nSPS) is 16.8. The number of aryl methyl sites for hydroxylation is 1. The zero-order chi connectivity index (χ0) is 13.9. The van der Waals surface area contributed by atoms with Crippen molar-refractivity contribution in [2.24, 2.45) is 0 Å². The molecule has 0 saturated carbocycles. The zero-order valence-corrected chi connectivity index (χ0v) is 12.0. The average Bonchev–Trinajstić information content (AvgIpc) is 3.16. The molecule has 20 heavy (non-hydrogen) atoms. The maximum absolute atomic E-state index is 5.69. The fraction of sp³-hybridized carbons (Fsp3) is 0.571. The minimum Gasteiger partial charge on any atom is -0.458 e. The van der Waals surface area contributed by atoms with Crippen molar-refractivity contribution in [3.8, 4) is 11.6 Å². The van der Waals surface area contributed by atoms with Crippen LogP contribution in [0.25, 0.3) is 11.6 Å². The number of hydrogen-bond acceptors (Lipinski definition) is 5. The molecule has 1 fully saturated rings. The Kier molecular flexibility index (Phi) is 3.73. The highest BCUT2D eigenvalue weighted by molar-refractivity contribution is 5.49. The quantitative estimate of drug-likeness (QED) is 0.890. The summed E-state index contributed by atoms with van der Waals surface area (Å²) in [6, 6.07) is 4.54. The lowest BCUT2D eigenvalue weighted by molar-refractivity contribution is 0.439. The van der Waals surface area contributed by atoms with E-state index in [9.17, 15) is 0 Å². The fourth-order valence-corrected chi connectivity index (χ4v) is 2.57. The molecule has 0 aromatic carbocycles. The van der Waals surface area contributed by atoms with Gasteiger partial charge in [0, 0.05) is 25.6 Å². The summed E-state index contributed by atoms with van der Waals surface area (Å²) < 4.78 is 5.69. The van der Waals surface area contributed by atoms with Crippen LogP contribution in [0.15, 0.2) is 16.5 Å². The van der Waals surface area contributed by atoms with Gasteiger partial charge in [0.25, 0.3) is 0 Å². The Morgan fingerprint density at radius 3 is 2.85 bits per heavy atom. The number of nitrogens with zero attached hydrogens (tertiary/aromatic N) is 3. The van der Waals surface area contributed by atoms with E-state index in [-0.39, 0.29) is 0 Å². The van der Waals surface area contributed by atoms with Crippen LogP contribution in [0.5, 0.6) is 0 Å². The van der Waals surface area contributed by atoms with E-state index in [4.69, 9.17) is 4.42 Å². The van der Waals surface area contributed by atoms with E-state index in [0.29, 0.717) is 11.9 Å². The molecule has 0 spiro atoms. The first-order valence-corrected chi connectivity index (χ1v) is 7.24. The third-order valence-electron chi connectivity index (χ3n) is 3.90. The minimum absolute atomic E-state index is 0.613. The molecule has 0 radical (unpaired) electrons. The molecule has 6 heteroatoms. The van der Waals surface area contributed by atoms with E-state index >= 15 is 0 Å². The molecule has 2 N–H and O–H groups in total. The molecule has 6 nitrogen and oxygen atoms in total. The van der Waals surface area contributed by atoms with Gasteiger partial charge in [-0.1, -0.05) is 6.92 Å². The van der Waals surface area contributed by atoms with Gasteiger partial charge >= 0.3 is 0 Å². The van der Waals surface area contributed by atoms with Crippen molar-refractivity contribution < 1.29 is 4.42 Å². The molecular formula is C14H21N5O. The summed E-state index contributed by atoms with van der Waals surface area (Å²) in [4.78, 5) is 6.77. The number of piperidine rings is 1. The molecule has 1 aliphatic heterocycles. The van der Waals surface area contributed by atoms with Crippen LogP contribution in [-0.2, 0) is 6.42 Å². The second kappa shape index (κ2) is 5.66. The summed E-state index contributed by atoms with van der Waals surface area (Å²) in [6.45, 7) is 4.04. The lowest BCUT2D eigenvalue weighted by atomic mass is 10.1. The summed E-state index contributed by atoms with van der Waals surface area (Å²) in [5.41, 5.74) is 0. The fourth-order valence-electron chi connectivity index (χ4n) is 2.57. The van der Waals surface area contributed by atoms with Crippen molar-refractivity contribution in [3.05, 3.63) is 17.9 Å². The minimum atomic E-state index is 0.613. The van der Waals surface area contributed by atoms with Gasteiger partial charge in [0.2, 0.25) is 5.95 Å². The van der Waals surface area contributed by atoms with E-state index < -0.39 is 0 Å². The van der Waals surface area contributed by atoms with Gasteiger partial charge in [0.05, 0.1) is 0 Å². The van der Waals surface area contributed by atoms with Gasteiger partial charge in [-0.3, -0.25) is 5.10 Å². The van der Waals surface area contributed by atoms with Crippen molar-refractivity contribution in [1.29, 1.82) is 0 Å². The Morgan fingerprint density at radius 2 is 2.20 bits per heavy atom. The van der Waals surface area contributed by atoms with Crippen LogP contribution in [-0.4, -0.2) is 41.4 Å². The van der Waals surface area contributed by atoms with E-state index in [1.54, 1.807) is 0 Å². The molecule has 108 valence electrons. The second-order valence-corrected chi connectivity index (χ2v) is 5.15. The largest absolute Gasteiger partial charge is 0.458 e. The van der Waals surface area contributed by atoms with Crippen molar-refractivity contribution in [2.75, 3.05) is 25.0 Å². The number of rotatable bonds is 4. The number of aromatic nitrogens is 3. The maximum Gasteiger partial charge on any atom is 0.245 e. The van der Waals surface area contributed by atoms with Gasteiger partial charge in [-0.15, -0.1) is 5.10 Å². The number of furan rings is 1. The van der Waals surface area contributed by atoms with Gasteiger partial charge in [0.1, 0.15) is 5.76 Å². The van der Waals surface area contributed by atoms with E-state index in [2.05, 4.69) is 32.3 Å². The summed E-state index contributed by atoms with van der Waals surface area (Å²) in [5.74, 6) is 3.19. The van der Waals surface area contributed by atoms with Crippen LogP contribution in [0.1, 0.15) is 25.5 Å². The summed E-state index contributed by atoms with van der Waals surface area (Å²) in [5, 5.41) is 10.6. The van der Waals surface area contributed by atoms with Crippen molar-refractivity contribution in [3.63, 3.8) is 0 Å². The highest BCUT2D eigenvalue weighted by atomic mass is 16.3. The number of aromatic amines is 1. The Labute approximate surface area is 118 Å². The van der Waals surface area contributed by atoms with Crippen molar-refractivity contribution in [2.45, 2.75) is 32.2 Å². The molecule has 3 heterocycles. The number of nitrogens with one attached hydrogen (secondary N) is 2. The molecular weight excluding hydrogens is 254 g/mol. The van der Waals surface area contributed by atoms with E-state index in [1.807, 2.05) is 19.2 Å². The summed E-state index contributed by atoms with van der Waals surface area (Å²) in [7, 11) is 2.02. The molecule has 0 bridgehead atoms. The Bertz CT molecular complexity index is 553. The second-order valence-electron chi connectivity index (χ2n) is 5.15. The van der Waals surface area contributed by atoms with Gasteiger partial charge in [-0.2, -0.15) is 4.98 Å². The van der Waals surface area contributed by atoms with E-state index in [0.717, 1.165) is 49.8 Å². The Balaban J connectivity index is 1.70. The Hall–Kier alpha value is -1.82. The molecule has 1 aliphatic rings. The number of H-pyrrole nitrogens is 1. The molecule has 0 aliphatic carbocycles. The molecule has 0 unspecified atom stereocenters. The molecule has 0 amide bonds. The monoisotopic (exact) mass is 275 g/mol. The van der Waals surface area contributed by atoms with Crippen LogP contribution in [0.3, 0.4) is 0 Å². The number of hydrogen-bond donors (Lipinski definition) is 2. The van der Waals surface area contributed by atoms with Crippen LogP contribution < -0.4 is 10.2 Å². The molecule has 3 rings (SSSR count). The highest BCUT2D eigenvalue weighted by Gasteiger charge is 2.21. The molecule has 2 aromatic heterocycles. The first kappa shape index (κ1) is 13.2. The molecule has 2 aromatic rings. The van der Waals surface area contributed by atoms with Crippen molar-refractivity contribution in [1.82, 2.24) is 20.5 Å². The predicted molar refractivity (Wildman–Crippen MR) is 77.8 cm³/mol. The first-order valence-electron chi connectivity index (χ1n) is 7.24. The summed E-state index contributed by atoms with van der Waals surface area (Å²) >= 11 is 0. The van der Waals surface area contributed by atoms with Crippen LogP contribution >= 0.6 is 0 Å². The maximum atomic E-state index is 5.69. The van der Waals surface area contributed by atoms with Crippen LogP contribution in [0, 0.1) is 0 Å². The van der Waals surface area contributed by atoms with E-state index in [1.165, 1.54) is 0 Å². The van der Waals surface area contributed by atoms with Gasteiger partial charge in [-0.05, 0) is 32.0 Å². The Morgan fingerprint density at radius 1 is 1.40 bits per heavy atom. The smallest absolute Gasteiger partial charge is 0.245 e. The SMILES string of the molecule is CCc1ccc(-c2nc(N3CCC(NC)CC3)n[nH]2)o1.